The van der Waals surface area contributed by atoms with E-state index in [-0.39, 0.29) is 26.0 Å². The Balaban J connectivity index is 4.02. The maximum atomic E-state index is 5.48. The van der Waals surface area contributed by atoms with Crippen molar-refractivity contribution < 1.29 is 18.9 Å². The van der Waals surface area contributed by atoms with E-state index in [1.54, 1.807) is 14.2 Å². The van der Waals surface area contributed by atoms with Crippen molar-refractivity contribution in [3.05, 3.63) is 0 Å². The first-order valence-corrected chi connectivity index (χ1v) is 6.19. The average Bonchev–Trinajstić information content (AvgIpc) is 2.33. The van der Waals surface area contributed by atoms with Gasteiger partial charge < -0.3 is 18.9 Å². The normalized spacial score (nSPS) is 14.8. The van der Waals surface area contributed by atoms with E-state index in [0.717, 1.165) is 25.7 Å². The molecule has 0 bridgehead atoms. The van der Waals surface area contributed by atoms with Gasteiger partial charge in [0, 0.05) is 14.2 Å². The van der Waals surface area contributed by atoms with Gasteiger partial charge in [-0.1, -0.05) is 26.7 Å². The molecule has 0 aromatic heterocycles. The molecule has 5 heteroatoms. The van der Waals surface area contributed by atoms with E-state index in [1.807, 2.05) is 0 Å². The lowest BCUT2D eigenvalue weighted by Gasteiger charge is -2.23. The Labute approximate surface area is 105 Å². The molecule has 0 aliphatic heterocycles. The van der Waals surface area contributed by atoms with Crippen molar-refractivity contribution in [2.75, 3.05) is 27.8 Å². The standard InChI is InChI=1S/C12H26NO4/c1-5-7-11(16-9-14-3)13-12(8-6-2)17-10-15-4/h11-12H,5-10H2,1-4H3. The van der Waals surface area contributed by atoms with E-state index in [4.69, 9.17) is 18.9 Å². The number of rotatable bonds is 12. The Bertz CT molecular complexity index is 141. The molecule has 0 heterocycles. The van der Waals surface area contributed by atoms with Crippen LogP contribution in [0.25, 0.3) is 0 Å². The minimum absolute atomic E-state index is 0.159. The summed E-state index contributed by atoms with van der Waals surface area (Å²) in [5.41, 5.74) is 0. The third-order valence-electron chi connectivity index (χ3n) is 2.16. The smallest absolute Gasteiger partial charge is 0.148 e. The van der Waals surface area contributed by atoms with Crippen molar-refractivity contribution in [3.8, 4) is 0 Å². The molecule has 5 nitrogen and oxygen atoms in total. The van der Waals surface area contributed by atoms with Crippen LogP contribution in [0, 0.1) is 0 Å². The van der Waals surface area contributed by atoms with Gasteiger partial charge in [0.25, 0.3) is 0 Å². The summed E-state index contributed by atoms with van der Waals surface area (Å²) in [5.74, 6) is 0. The number of hydrogen-bond donors (Lipinski definition) is 0. The lowest BCUT2D eigenvalue weighted by Crippen LogP contribution is -2.36. The minimum Gasteiger partial charge on any atom is -0.359 e. The minimum atomic E-state index is -0.159. The van der Waals surface area contributed by atoms with Crippen LogP contribution in [-0.2, 0) is 18.9 Å². The maximum absolute atomic E-state index is 5.48. The Morgan fingerprint density at radius 1 is 0.824 bits per heavy atom. The van der Waals surface area contributed by atoms with Gasteiger partial charge in [0.15, 0.2) is 0 Å². The topological polar surface area (TPSA) is 51.0 Å². The Hall–Kier alpha value is -0.200. The van der Waals surface area contributed by atoms with Crippen LogP contribution in [-0.4, -0.2) is 40.3 Å². The molecule has 2 unspecified atom stereocenters. The zero-order valence-corrected chi connectivity index (χ0v) is 11.5. The van der Waals surface area contributed by atoms with Crippen LogP contribution in [0.2, 0.25) is 0 Å². The molecule has 0 aromatic rings. The lowest BCUT2D eigenvalue weighted by molar-refractivity contribution is -0.137. The molecular formula is C12H26NO4. The van der Waals surface area contributed by atoms with Gasteiger partial charge in [0.1, 0.15) is 26.0 Å². The summed E-state index contributed by atoms with van der Waals surface area (Å²) >= 11 is 0. The monoisotopic (exact) mass is 248 g/mol. The van der Waals surface area contributed by atoms with Gasteiger partial charge in [-0.2, -0.15) is 5.32 Å². The SMILES string of the molecule is CCCC([N]C(CCC)OCOC)OCOC. The molecule has 0 saturated carbocycles. The van der Waals surface area contributed by atoms with Gasteiger partial charge in [-0.25, -0.2) is 0 Å². The predicted octanol–water partition coefficient (Wildman–Crippen LogP) is 2.08. The quantitative estimate of drug-likeness (QED) is 0.496. The Morgan fingerprint density at radius 3 is 1.53 bits per heavy atom. The van der Waals surface area contributed by atoms with Crippen LogP contribution in [0.1, 0.15) is 39.5 Å². The zero-order valence-electron chi connectivity index (χ0n) is 11.5. The molecular weight excluding hydrogens is 222 g/mol. The summed E-state index contributed by atoms with van der Waals surface area (Å²) in [4.78, 5) is 0. The molecule has 0 aromatic carbocycles. The highest BCUT2D eigenvalue weighted by molar-refractivity contribution is 4.59. The van der Waals surface area contributed by atoms with Crippen molar-refractivity contribution in [1.82, 2.24) is 5.32 Å². The fourth-order valence-electron chi connectivity index (χ4n) is 1.37. The molecule has 0 N–H and O–H groups in total. The summed E-state index contributed by atoms with van der Waals surface area (Å²) in [6, 6.07) is 0. The number of nitrogens with zero attached hydrogens (tertiary/aromatic N) is 1. The summed E-state index contributed by atoms with van der Waals surface area (Å²) in [6.07, 6.45) is 3.46. The van der Waals surface area contributed by atoms with Crippen molar-refractivity contribution in [2.24, 2.45) is 0 Å². The van der Waals surface area contributed by atoms with E-state index in [0.29, 0.717) is 0 Å². The lowest BCUT2D eigenvalue weighted by atomic mass is 10.2. The molecule has 0 rings (SSSR count). The van der Waals surface area contributed by atoms with Crippen molar-refractivity contribution >= 4 is 0 Å². The third-order valence-corrected chi connectivity index (χ3v) is 2.16. The zero-order chi connectivity index (χ0) is 12.9. The summed E-state index contributed by atoms with van der Waals surface area (Å²) in [7, 11) is 3.21. The largest absolute Gasteiger partial charge is 0.359 e. The van der Waals surface area contributed by atoms with E-state index in [2.05, 4.69) is 19.2 Å². The van der Waals surface area contributed by atoms with Crippen molar-refractivity contribution in [3.63, 3.8) is 0 Å². The molecule has 2 atom stereocenters. The molecule has 0 aliphatic rings. The summed E-state index contributed by atoms with van der Waals surface area (Å²) < 4.78 is 20.7. The van der Waals surface area contributed by atoms with Crippen LogP contribution in [0.4, 0.5) is 0 Å². The first kappa shape index (κ1) is 16.8. The molecule has 103 valence electrons. The molecule has 0 saturated heterocycles. The van der Waals surface area contributed by atoms with Gasteiger partial charge >= 0.3 is 0 Å². The second-order valence-electron chi connectivity index (χ2n) is 3.78. The number of ether oxygens (including phenoxy) is 4. The van der Waals surface area contributed by atoms with Crippen molar-refractivity contribution in [2.45, 2.75) is 52.0 Å². The number of methoxy groups -OCH3 is 2. The van der Waals surface area contributed by atoms with E-state index >= 15 is 0 Å². The second kappa shape index (κ2) is 12.3. The predicted molar refractivity (Wildman–Crippen MR) is 65.4 cm³/mol. The first-order valence-electron chi connectivity index (χ1n) is 6.19. The fraction of sp³-hybridized carbons (Fsp3) is 1.00. The molecule has 17 heavy (non-hydrogen) atoms. The van der Waals surface area contributed by atoms with Crippen LogP contribution >= 0.6 is 0 Å². The summed E-state index contributed by atoms with van der Waals surface area (Å²) in [6.45, 7) is 4.72. The highest BCUT2D eigenvalue weighted by Gasteiger charge is 2.16. The van der Waals surface area contributed by atoms with Gasteiger partial charge in [-0.15, -0.1) is 0 Å². The highest BCUT2D eigenvalue weighted by Crippen LogP contribution is 2.07. The molecule has 1 radical (unpaired) electrons. The molecule has 0 amide bonds. The second-order valence-corrected chi connectivity index (χ2v) is 3.78. The fourth-order valence-corrected chi connectivity index (χ4v) is 1.37. The van der Waals surface area contributed by atoms with Crippen LogP contribution in [0.15, 0.2) is 0 Å². The molecule has 0 aliphatic carbocycles. The average molecular weight is 248 g/mol. The Kier molecular flexibility index (Phi) is 12.1. The highest BCUT2D eigenvalue weighted by atomic mass is 16.7. The maximum Gasteiger partial charge on any atom is 0.148 e. The van der Waals surface area contributed by atoms with Crippen LogP contribution in [0.5, 0.6) is 0 Å². The third kappa shape index (κ3) is 9.50. The van der Waals surface area contributed by atoms with E-state index < -0.39 is 0 Å². The van der Waals surface area contributed by atoms with Crippen LogP contribution in [0.3, 0.4) is 0 Å². The summed E-state index contributed by atoms with van der Waals surface area (Å²) in [5, 5.41) is 4.53. The van der Waals surface area contributed by atoms with Gasteiger partial charge in [-0.3, -0.25) is 0 Å². The van der Waals surface area contributed by atoms with Gasteiger partial charge in [0.05, 0.1) is 0 Å². The molecule has 0 fully saturated rings. The Morgan fingerprint density at radius 2 is 1.24 bits per heavy atom. The van der Waals surface area contributed by atoms with Gasteiger partial charge in [-0.05, 0) is 12.8 Å². The molecule has 0 spiro atoms. The van der Waals surface area contributed by atoms with E-state index in [9.17, 15) is 0 Å². The van der Waals surface area contributed by atoms with Gasteiger partial charge in [0.2, 0.25) is 0 Å². The van der Waals surface area contributed by atoms with Crippen molar-refractivity contribution in [1.29, 1.82) is 0 Å². The van der Waals surface area contributed by atoms with E-state index in [1.165, 1.54) is 0 Å². The van der Waals surface area contributed by atoms with Crippen LogP contribution < -0.4 is 5.32 Å². The first-order chi connectivity index (χ1) is 8.28. The number of hydrogen-bond acceptors (Lipinski definition) is 4.